The van der Waals surface area contributed by atoms with Gasteiger partial charge in [0.25, 0.3) is 0 Å². The van der Waals surface area contributed by atoms with Crippen LogP contribution in [0, 0.1) is 13.8 Å². The fourth-order valence-electron chi connectivity index (χ4n) is 3.04. The second-order valence-electron chi connectivity index (χ2n) is 6.35. The highest BCUT2D eigenvalue weighted by atomic mass is 16.5. The summed E-state index contributed by atoms with van der Waals surface area (Å²) in [6.07, 6.45) is 0. The van der Waals surface area contributed by atoms with Crippen LogP contribution in [0.1, 0.15) is 11.1 Å². The van der Waals surface area contributed by atoms with Gasteiger partial charge in [-0.25, -0.2) is 4.79 Å². The Morgan fingerprint density at radius 1 is 1.00 bits per heavy atom. The van der Waals surface area contributed by atoms with Crippen molar-refractivity contribution in [2.45, 2.75) is 13.8 Å². The maximum Gasteiger partial charge on any atom is 0.321 e. The molecule has 2 aromatic carbocycles. The summed E-state index contributed by atoms with van der Waals surface area (Å²) in [5.74, 6) is 0.857. The number of methoxy groups -OCH3 is 1. The molecule has 0 aromatic heterocycles. The van der Waals surface area contributed by atoms with E-state index in [0.717, 1.165) is 35.8 Å². The Kier molecular flexibility index (Phi) is 5.12. The van der Waals surface area contributed by atoms with E-state index in [-0.39, 0.29) is 6.03 Å². The number of urea groups is 1. The zero-order valence-electron chi connectivity index (χ0n) is 15.1. The molecule has 1 fully saturated rings. The lowest BCUT2D eigenvalue weighted by Gasteiger charge is -2.36. The Morgan fingerprint density at radius 2 is 1.68 bits per heavy atom. The van der Waals surface area contributed by atoms with Crippen molar-refractivity contribution in [2.24, 2.45) is 0 Å². The molecule has 0 radical (unpaired) electrons. The zero-order valence-corrected chi connectivity index (χ0v) is 15.1. The molecule has 25 heavy (non-hydrogen) atoms. The summed E-state index contributed by atoms with van der Waals surface area (Å²) in [6, 6.07) is 14.0. The molecule has 0 unspecified atom stereocenters. The SMILES string of the molecule is COc1ccc(N2CCN(C(=O)Nc3cccc(C)c3C)CC2)cc1. The molecule has 0 spiro atoms. The van der Waals surface area contributed by atoms with Gasteiger partial charge < -0.3 is 19.9 Å². The summed E-state index contributed by atoms with van der Waals surface area (Å²) in [5, 5.41) is 3.04. The fourth-order valence-corrected chi connectivity index (χ4v) is 3.04. The number of carbonyl (C=O) groups excluding carboxylic acids is 1. The van der Waals surface area contributed by atoms with E-state index in [4.69, 9.17) is 4.74 Å². The van der Waals surface area contributed by atoms with Crippen molar-refractivity contribution < 1.29 is 9.53 Å². The lowest BCUT2D eigenvalue weighted by Crippen LogP contribution is -2.50. The predicted molar refractivity (Wildman–Crippen MR) is 102 cm³/mol. The maximum absolute atomic E-state index is 12.5. The van der Waals surface area contributed by atoms with E-state index in [2.05, 4.69) is 35.3 Å². The smallest absolute Gasteiger partial charge is 0.321 e. The monoisotopic (exact) mass is 339 g/mol. The number of carbonyl (C=O) groups is 1. The number of benzene rings is 2. The third-order valence-electron chi connectivity index (χ3n) is 4.85. The predicted octanol–water partition coefficient (Wildman–Crippen LogP) is 3.67. The minimum Gasteiger partial charge on any atom is -0.497 e. The van der Waals surface area contributed by atoms with E-state index in [9.17, 15) is 4.79 Å². The summed E-state index contributed by atoms with van der Waals surface area (Å²) in [7, 11) is 1.67. The number of piperazine rings is 1. The van der Waals surface area contributed by atoms with Crippen LogP contribution >= 0.6 is 0 Å². The van der Waals surface area contributed by atoms with E-state index in [1.165, 1.54) is 5.56 Å². The number of amides is 2. The van der Waals surface area contributed by atoms with Gasteiger partial charge in [-0.2, -0.15) is 0 Å². The van der Waals surface area contributed by atoms with Gasteiger partial charge in [0.2, 0.25) is 0 Å². The molecule has 0 aliphatic carbocycles. The molecule has 5 heteroatoms. The van der Waals surface area contributed by atoms with Gasteiger partial charge in [-0.1, -0.05) is 12.1 Å². The van der Waals surface area contributed by atoms with Gasteiger partial charge in [0.1, 0.15) is 5.75 Å². The zero-order chi connectivity index (χ0) is 17.8. The van der Waals surface area contributed by atoms with Gasteiger partial charge in [-0.05, 0) is 55.3 Å². The number of anilines is 2. The van der Waals surface area contributed by atoms with Gasteiger partial charge in [-0.3, -0.25) is 0 Å². The summed E-state index contributed by atoms with van der Waals surface area (Å²) >= 11 is 0. The van der Waals surface area contributed by atoms with Gasteiger partial charge in [0.15, 0.2) is 0 Å². The van der Waals surface area contributed by atoms with E-state index >= 15 is 0 Å². The topological polar surface area (TPSA) is 44.8 Å². The Balaban J connectivity index is 1.57. The molecule has 1 N–H and O–H groups in total. The van der Waals surface area contributed by atoms with Crippen molar-refractivity contribution in [3.63, 3.8) is 0 Å². The number of aryl methyl sites for hydroxylation is 1. The molecule has 1 saturated heterocycles. The quantitative estimate of drug-likeness (QED) is 0.928. The third-order valence-corrected chi connectivity index (χ3v) is 4.85. The minimum atomic E-state index is -0.0249. The van der Waals surface area contributed by atoms with Crippen LogP contribution in [0.5, 0.6) is 5.75 Å². The van der Waals surface area contributed by atoms with Crippen LogP contribution in [0.25, 0.3) is 0 Å². The Bertz CT molecular complexity index is 735. The number of nitrogens with zero attached hydrogens (tertiary/aromatic N) is 2. The van der Waals surface area contributed by atoms with Crippen molar-refractivity contribution in [3.8, 4) is 5.75 Å². The van der Waals surface area contributed by atoms with Crippen LogP contribution in [0.15, 0.2) is 42.5 Å². The largest absolute Gasteiger partial charge is 0.497 e. The minimum absolute atomic E-state index is 0.0249. The highest BCUT2D eigenvalue weighted by Crippen LogP contribution is 2.22. The molecule has 1 aliphatic rings. The molecule has 2 amide bonds. The molecular formula is C20H25N3O2. The molecule has 0 saturated carbocycles. The van der Waals surface area contributed by atoms with Gasteiger partial charge in [0.05, 0.1) is 7.11 Å². The standard InChI is InChI=1S/C20H25N3O2/c1-15-5-4-6-19(16(15)2)21-20(24)23-13-11-22(12-14-23)17-7-9-18(25-3)10-8-17/h4-10H,11-14H2,1-3H3,(H,21,24). The molecule has 132 valence electrons. The summed E-state index contributed by atoms with van der Waals surface area (Å²) in [5.41, 5.74) is 4.35. The molecule has 0 bridgehead atoms. The van der Waals surface area contributed by atoms with Gasteiger partial charge in [-0.15, -0.1) is 0 Å². The molecule has 5 nitrogen and oxygen atoms in total. The van der Waals surface area contributed by atoms with E-state index in [1.807, 2.05) is 36.1 Å². The number of ether oxygens (including phenoxy) is 1. The Hall–Kier alpha value is -2.69. The first kappa shape index (κ1) is 17.1. The number of rotatable bonds is 3. The van der Waals surface area contributed by atoms with Crippen LogP contribution in [0.3, 0.4) is 0 Å². The lowest BCUT2D eigenvalue weighted by molar-refractivity contribution is 0.208. The summed E-state index contributed by atoms with van der Waals surface area (Å²) < 4.78 is 5.20. The summed E-state index contributed by atoms with van der Waals surface area (Å²) in [6.45, 7) is 7.16. The molecule has 1 heterocycles. The number of nitrogens with one attached hydrogen (secondary N) is 1. The first-order chi connectivity index (χ1) is 12.1. The average molecular weight is 339 g/mol. The van der Waals surface area contributed by atoms with Crippen LogP contribution < -0.4 is 15.0 Å². The average Bonchev–Trinajstić information content (AvgIpc) is 2.65. The van der Waals surface area contributed by atoms with Gasteiger partial charge >= 0.3 is 6.03 Å². The van der Waals surface area contributed by atoms with Crippen molar-refractivity contribution in [3.05, 3.63) is 53.6 Å². The molecular weight excluding hydrogens is 314 g/mol. The second-order valence-corrected chi connectivity index (χ2v) is 6.35. The normalized spacial score (nSPS) is 14.4. The first-order valence-electron chi connectivity index (χ1n) is 8.59. The lowest BCUT2D eigenvalue weighted by atomic mass is 10.1. The van der Waals surface area contributed by atoms with Crippen molar-refractivity contribution in [2.75, 3.05) is 43.5 Å². The molecule has 2 aromatic rings. The Labute approximate surface area is 149 Å². The van der Waals surface area contributed by atoms with Crippen LogP contribution in [-0.2, 0) is 0 Å². The molecule has 3 rings (SSSR count). The fraction of sp³-hybridized carbons (Fsp3) is 0.350. The van der Waals surface area contributed by atoms with Gasteiger partial charge in [0, 0.05) is 37.6 Å². The van der Waals surface area contributed by atoms with E-state index in [1.54, 1.807) is 7.11 Å². The Morgan fingerprint density at radius 3 is 2.32 bits per heavy atom. The number of hydrogen-bond acceptors (Lipinski definition) is 3. The highest BCUT2D eigenvalue weighted by molar-refractivity contribution is 5.90. The first-order valence-corrected chi connectivity index (χ1v) is 8.59. The maximum atomic E-state index is 12.5. The van der Waals surface area contributed by atoms with Crippen LogP contribution in [-0.4, -0.2) is 44.2 Å². The van der Waals surface area contributed by atoms with E-state index in [0.29, 0.717) is 13.1 Å². The van der Waals surface area contributed by atoms with Crippen molar-refractivity contribution in [1.82, 2.24) is 4.90 Å². The third kappa shape index (κ3) is 3.87. The number of hydrogen-bond donors (Lipinski definition) is 1. The highest BCUT2D eigenvalue weighted by Gasteiger charge is 2.21. The van der Waals surface area contributed by atoms with Crippen LogP contribution in [0.4, 0.5) is 16.2 Å². The van der Waals surface area contributed by atoms with Crippen LogP contribution in [0.2, 0.25) is 0 Å². The second kappa shape index (κ2) is 7.47. The van der Waals surface area contributed by atoms with Crippen molar-refractivity contribution in [1.29, 1.82) is 0 Å². The van der Waals surface area contributed by atoms with E-state index < -0.39 is 0 Å². The molecule has 0 atom stereocenters. The summed E-state index contributed by atoms with van der Waals surface area (Å²) in [4.78, 5) is 16.7. The van der Waals surface area contributed by atoms with Crippen molar-refractivity contribution >= 4 is 17.4 Å². The molecule has 1 aliphatic heterocycles.